The molecule has 0 spiro atoms. The maximum atomic E-state index is 10.4. The summed E-state index contributed by atoms with van der Waals surface area (Å²) in [4.78, 5) is 10.4. The SMILES string of the molecule is Nc1ccc(-c2ccc(C=O)o2)cc1Cl. The number of rotatable bonds is 2. The average Bonchev–Trinajstić information content (AvgIpc) is 2.70. The summed E-state index contributed by atoms with van der Waals surface area (Å²) in [7, 11) is 0. The number of nitrogens with two attached hydrogens (primary N) is 1. The summed E-state index contributed by atoms with van der Waals surface area (Å²) in [6, 6.07) is 8.50. The molecule has 0 atom stereocenters. The molecule has 2 rings (SSSR count). The third-order valence-corrected chi connectivity index (χ3v) is 2.36. The van der Waals surface area contributed by atoms with Gasteiger partial charge in [0.25, 0.3) is 0 Å². The smallest absolute Gasteiger partial charge is 0.185 e. The largest absolute Gasteiger partial charge is 0.453 e. The number of carbonyl (C=O) groups excluding carboxylic acids is 1. The molecule has 0 aliphatic heterocycles. The summed E-state index contributed by atoms with van der Waals surface area (Å²) in [5, 5.41) is 0.469. The van der Waals surface area contributed by atoms with Crippen LogP contribution in [0.3, 0.4) is 0 Å². The van der Waals surface area contributed by atoms with E-state index in [9.17, 15) is 4.79 Å². The van der Waals surface area contributed by atoms with Crippen LogP contribution in [-0.2, 0) is 0 Å². The summed E-state index contributed by atoms with van der Waals surface area (Å²) in [5.41, 5.74) is 6.89. The molecule has 76 valence electrons. The standard InChI is InChI=1S/C11H8ClNO2/c12-9-5-7(1-3-10(9)13)11-4-2-8(6-14)15-11/h1-6H,13H2. The van der Waals surface area contributed by atoms with Crippen molar-refractivity contribution in [3.63, 3.8) is 0 Å². The Morgan fingerprint density at radius 2 is 2.07 bits per heavy atom. The number of aldehydes is 1. The van der Waals surface area contributed by atoms with Gasteiger partial charge in [-0.1, -0.05) is 11.6 Å². The van der Waals surface area contributed by atoms with Crippen molar-refractivity contribution in [2.75, 3.05) is 5.73 Å². The lowest BCUT2D eigenvalue weighted by Crippen LogP contribution is -1.85. The van der Waals surface area contributed by atoms with Gasteiger partial charge in [0.15, 0.2) is 12.0 Å². The molecule has 2 aromatic rings. The molecule has 0 unspecified atom stereocenters. The lowest BCUT2D eigenvalue weighted by Gasteiger charge is -2.00. The quantitative estimate of drug-likeness (QED) is 0.627. The Bertz CT molecular complexity index is 505. The van der Waals surface area contributed by atoms with Crippen LogP contribution in [0.4, 0.5) is 5.69 Å². The Morgan fingerprint density at radius 3 is 2.67 bits per heavy atom. The van der Waals surface area contributed by atoms with Crippen molar-refractivity contribution in [3.05, 3.63) is 41.1 Å². The highest BCUT2D eigenvalue weighted by molar-refractivity contribution is 6.33. The van der Waals surface area contributed by atoms with Gasteiger partial charge in [-0.25, -0.2) is 0 Å². The minimum Gasteiger partial charge on any atom is -0.453 e. The lowest BCUT2D eigenvalue weighted by molar-refractivity contribution is 0.110. The number of hydrogen-bond donors (Lipinski definition) is 1. The Hall–Kier alpha value is -1.74. The van der Waals surface area contributed by atoms with Crippen LogP contribution in [0.25, 0.3) is 11.3 Å². The van der Waals surface area contributed by atoms with Crippen LogP contribution >= 0.6 is 11.6 Å². The molecule has 1 aromatic heterocycles. The zero-order valence-electron chi connectivity index (χ0n) is 7.74. The van der Waals surface area contributed by atoms with Gasteiger partial charge in [0.1, 0.15) is 5.76 Å². The van der Waals surface area contributed by atoms with Crippen molar-refractivity contribution in [2.24, 2.45) is 0 Å². The van der Waals surface area contributed by atoms with E-state index in [1.807, 2.05) is 0 Å². The number of carbonyl (C=O) groups is 1. The zero-order chi connectivity index (χ0) is 10.8. The summed E-state index contributed by atoms with van der Waals surface area (Å²) in [6.45, 7) is 0. The summed E-state index contributed by atoms with van der Waals surface area (Å²) < 4.78 is 5.25. The van der Waals surface area contributed by atoms with E-state index < -0.39 is 0 Å². The molecule has 0 aliphatic rings. The van der Waals surface area contributed by atoms with Gasteiger partial charge in [-0.3, -0.25) is 4.79 Å². The van der Waals surface area contributed by atoms with E-state index in [4.69, 9.17) is 21.8 Å². The van der Waals surface area contributed by atoms with Gasteiger partial charge in [-0.2, -0.15) is 0 Å². The van der Waals surface area contributed by atoms with E-state index in [0.717, 1.165) is 5.56 Å². The van der Waals surface area contributed by atoms with Crippen LogP contribution in [0, 0.1) is 0 Å². The maximum absolute atomic E-state index is 10.4. The third-order valence-electron chi connectivity index (χ3n) is 2.03. The molecule has 15 heavy (non-hydrogen) atoms. The third kappa shape index (κ3) is 1.87. The molecule has 0 fully saturated rings. The van der Waals surface area contributed by atoms with Crippen molar-refractivity contribution in [3.8, 4) is 11.3 Å². The van der Waals surface area contributed by atoms with Crippen molar-refractivity contribution in [2.45, 2.75) is 0 Å². The monoisotopic (exact) mass is 221 g/mol. The highest BCUT2D eigenvalue weighted by Gasteiger charge is 2.05. The van der Waals surface area contributed by atoms with Crippen LogP contribution < -0.4 is 5.73 Å². The van der Waals surface area contributed by atoms with Crippen molar-refractivity contribution < 1.29 is 9.21 Å². The van der Waals surface area contributed by atoms with Gasteiger partial charge in [0.2, 0.25) is 0 Å². The van der Waals surface area contributed by atoms with Crippen LogP contribution in [0.15, 0.2) is 34.7 Å². The highest BCUT2D eigenvalue weighted by Crippen LogP contribution is 2.27. The molecule has 1 aromatic carbocycles. The number of hydrogen-bond acceptors (Lipinski definition) is 3. The zero-order valence-corrected chi connectivity index (χ0v) is 8.49. The minimum atomic E-state index is 0.290. The van der Waals surface area contributed by atoms with E-state index in [1.165, 1.54) is 0 Å². The summed E-state index contributed by atoms with van der Waals surface area (Å²) in [6.07, 6.45) is 0.655. The first-order chi connectivity index (χ1) is 7.20. The predicted molar refractivity (Wildman–Crippen MR) is 59.0 cm³/mol. The fourth-order valence-corrected chi connectivity index (χ4v) is 1.43. The molecule has 0 saturated heterocycles. The molecule has 0 amide bonds. The normalized spacial score (nSPS) is 10.2. The van der Waals surface area contributed by atoms with Gasteiger partial charge in [0, 0.05) is 5.56 Å². The summed E-state index contributed by atoms with van der Waals surface area (Å²) in [5.74, 6) is 0.886. The van der Waals surface area contributed by atoms with E-state index in [1.54, 1.807) is 30.3 Å². The average molecular weight is 222 g/mol. The number of furan rings is 1. The van der Waals surface area contributed by atoms with Crippen molar-refractivity contribution in [1.29, 1.82) is 0 Å². The van der Waals surface area contributed by atoms with Crippen LogP contribution in [0.5, 0.6) is 0 Å². The van der Waals surface area contributed by atoms with Gasteiger partial charge in [0.05, 0.1) is 10.7 Å². The number of halogens is 1. The first-order valence-corrected chi connectivity index (χ1v) is 4.69. The van der Waals surface area contributed by atoms with Crippen molar-refractivity contribution >= 4 is 23.6 Å². The Kier molecular flexibility index (Phi) is 2.47. The molecule has 0 saturated carbocycles. The fourth-order valence-electron chi connectivity index (χ4n) is 1.25. The molecular formula is C11H8ClNO2. The highest BCUT2D eigenvalue weighted by atomic mass is 35.5. The Balaban J connectivity index is 2.44. The van der Waals surface area contributed by atoms with Crippen molar-refractivity contribution in [1.82, 2.24) is 0 Å². The molecular weight excluding hydrogens is 214 g/mol. The number of anilines is 1. The van der Waals surface area contributed by atoms with Crippen LogP contribution in [-0.4, -0.2) is 6.29 Å². The van der Waals surface area contributed by atoms with E-state index in [0.29, 0.717) is 22.8 Å². The van der Waals surface area contributed by atoms with E-state index in [-0.39, 0.29) is 5.76 Å². The number of benzene rings is 1. The molecule has 2 N–H and O–H groups in total. The lowest BCUT2D eigenvalue weighted by atomic mass is 10.1. The van der Waals surface area contributed by atoms with Gasteiger partial charge >= 0.3 is 0 Å². The maximum Gasteiger partial charge on any atom is 0.185 e. The predicted octanol–water partition coefficient (Wildman–Crippen LogP) is 2.99. The second-order valence-corrected chi connectivity index (χ2v) is 3.46. The second-order valence-electron chi connectivity index (χ2n) is 3.06. The topological polar surface area (TPSA) is 56.2 Å². The molecule has 0 bridgehead atoms. The Labute approximate surface area is 91.5 Å². The molecule has 0 radical (unpaired) electrons. The van der Waals surface area contributed by atoms with E-state index >= 15 is 0 Å². The summed E-state index contributed by atoms with van der Waals surface area (Å²) >= 11 is 5.87. The molecule has 1 heterocycles. The number of nitrogen functional groups attached to an aromatic ring is 1. The van der Waals surface area contributed by atoms with Gasteiger partial charge in [-0.15, -0.1) is 0 Å². The second kappa shape index (κ2) is 3.79. The van der Waals surface area contributed by atoms with Crippen LogP contribution in [0.2, 0.25) is 5.02 Å². The van der Waals surface area contributed by atoms with Gasteiger partial charge < -0.3 is 10.2 Å². The fraction of sp³-hybridized carbons (Fsp3) is 0. The Morgan fingerprint density at radius 1 is 1.27 bits per heavy atom. The molecule has 4 heteroatoms. The molecule has 3 nitrogen and oxygen atoms in total. The minimum absolute atomic E-state index is 0.290. The first kappa shape index (κ1) is 9.80. The molecule has 0 aliphatic carbocycles. The van der Waals surface area contributed by atoms with Crippen LogP contribution in [0.1, 0.15) is 10.6 Å². The first-order valence-electron chi connectivity index (χ1n) is 4.31. The van der Waals surface area contributed by atoms with Gasteiger partial charge in [-0.05, 0) is 30.3 Å². The van der Waals surface area contributed by atoms with E-state index in [2.05, 4.69) is 0 Å².